The van der Waals surface area contributed by atoms with Crippen molar-refractivity contribution in [1.82, 2.24) is 9.88 Å². The first-order valence-electron chi connectivity index (χ1n) is 5.13. The minimum Gasteiger partial charge on any atom is -0.375 e. The Bertz CT molecular complexity index is 504. The third-order valence-electron chi connectivity index (χ3n) is 2.36. The molecule has 2 rings (SSSR count). The van der Waals surface area contributed by atoms with Crippen molar-refractivity contribution in [3.8, 4) is 0 Å². The van der Waals surface area contributed by atoms with E-state index in [1.165, 1.54) is 16.9 Å². The zero-order valence-electron chi connectivity index (χ0n) is 9.31. The van der Waals surface area contributed by atoms with Gasteiger partial charge >= 0.3 is 0 Å². The number of fused-ring (bicyclic) bond motifs is 1. The summed E-state index contributed by atoms with van der Waals surface area (Å²) in [5.74, 6) is 0. The maximum Gasteiger partial charge on any atom is 0.181 e. The molecule has 84 valence electrons. The quantitative estimate of drug-likeness (QED) is 0.825. The molecule has 0 radical (unpaired) electrons. The van der Waals surface area contributed by atoms with Gasteiger partial charge in [0.2, 0.25) is 0 Å². The highest BCUT2D eigenvalue weighted by Gasteiger charge is 2.03. The lowest BCUT2D eigenvalue weighted by Gasteiger charge is -2.13. The van der Waals surface area contributed by atoms with Crippen molar-refractivity contribution in [2.45, 2.75) is 6.54 Å². The van der Waals surface area contributed by atoms with Gasteiger partial charge in [0.25, 0.3) is 0 Å². The first-order chi connectivity index (χ1) is 7.69. The second kappa shape index (κ2) is 4.63. The van der Waals surface area contributed by atoms with Gasteiger partial charge in [-0.1, -0.05) is 23.5 Å². The molecule has 0 aliphatic heterocycles. The van der Waals surface area contributed by atoms with Crippen LogP contribution >= 0.6 is 11.3 Å². The Morgan fingerprint density at radius 3 is 3.12 bits per heavy atom. The number of hydrogen-bond donors (Lipinski definition) is 1. The molecule has 4 heteroatoms. The van der Waals surface area contributed by atoms with E-state index in [-0.39, 0.29) is 0 Å². The van der Waals surface area contributed by atoms with Crippen molar-refractivity contribution in [1.29, 1.82) is 0 Å². The Morgan fingerprint density at radius 1 is 1.56 bits per heavy atom. The van der Waals surface area contributed by atoms with Crippen molar-refractivity contribution in [2.75, 3.05) is 19.3 Å². The van der Waals surface area contributed by atoms with Crippen LogP contribution in [0, 0.1) is 0 Å². The van der Waals surface area contributed by atoms with Crippen molar-refractivity contribution < 1.29 is 0 Å². The average Bonchev–Trinajstić information content (AvgIpc) is 2.57. The molecular formula is C12H15N3S. The molecule has 0 fully saturated rings. The molecule has 0 aliphatic rings. The van der Waals surface area contributed by atoms with Gasteiger partial charge in [-0.15, -0.1) is 6.58 Å². The third kappa shape index (κ3) is 2.40. The zero-order valence-corrected chi connectivity index (χ0v) is 10.1. The zero-order chi connectivity index (χ0) is 11.5. The Labute approximate surface area is 99.2 Å². The van der Waals surface area contributed by atoms with Crippen LogP contribution < -0.4 is 5.73 Å². The van der Waals surface area contributed by atoms with E-state index in [0.717, 1.165) is 23.3 Å². The van der Waals surface area contributed by atoms with Gasteiger partial charge in [0.1, 0.15) is 0 Å². The number of nitrogen functional groups attached to an aromatic ring is 1. The van der Waals surface area contributed by atoms with Crippen LogP contribution in [0.3, 0.4) is 0 Å². The highest BCUT2D eigenvalue weighted by molar-refractivity contribution is 7.22. The lowest BCUT2D eigenvalue weighted by atomic mass is 10.2. The van der Waals surface area contributed by atoms with E-state index in [2.05, 4.69) is 35.6 Å². The normalized spacial score (nSPS) is 11.1. The number of aromatic nitrogens is 1. The average molecular weight is 233 g/mol. The fraction of sp³-hybridized carbons (Fsp3) is 0.250. The SMILES string of the molecule is C=CCN(C)Cc1ccc2nc(N)sc2c1. The summed E-state index contributed by atoms with van der Waals surface area (Å²) in [4.78, 5) is 6.44. The minimum atomic E-state index is 0.631. The first kappa shape index (κ1) is 11.1. The summed E-state index contributed by atoms with van der Waals surface area (Å²) in [7, 11) is 2.08. The predicted octanol–water partition coefficient (Wildman–Crippen LogP) is 2.50. The van der Waals surface area contributed by atoms with Gasteiger partial charge in [-0.3, -0.25) is 4.90 Å². The van der Waals surface area contributed by atoms with Crippen molar-refractivity contribution in [3.63, 3.8) is 0 Å². The van der Waals surface area contributed by atoms with Gasteiger partial charge in [-0.25, -0.2) is 4.98 Å². The number of hydrogen-bond acceptors (Lipinski definition) is 4. The van der Waals surface area contributed by atoms with Crippen LogP contribution in [0.2, 0.25) is 0 Å². The van der Waals surface area contributed by atoms with Crippen molar-refractivity contribution in [3.05, 3.63) is 36.4 Å². The molecule has 1 aromatic carbocycles. The summed E-state index contributed by atoms with van der Waals surface area (Å²) < 4.78 is 1.15. The van der Waals surface area contributed by atoms with Crippen LogP contribution in [-0.4, -0.2) is 23.5 Å². The number of rotatable bonds is 4. The van der Waals surface area contributed by atoms with Gasteiger partial charge in [0.05, 0.1) is 10.2 Å². The Kier molecular flexibility index (Phi) is 3.22. The van der Waals surface area contributed by atoms with Crippen LogP contribution in [0.5, 0.6) is 0 Å². The van der Waals surface area contributed by atoms with Gasteiger partial charge in [-0.05, 0) is 24.7 Å². The maximum atomic E-state index is 5.67. The van der Waals surface area contributed by atoms with E-state index in [0.29, 0.717) is 5.13 Å². The standard InChI is InChI=1S/C12H15N3S/c1-3-6-15(2)8-9-4-5-10-11(7-9)16-12(13)14-10/h3-5,7H,1,6,8H2,2H3,(H2,13,14). The molecule has 3 nitrogen and oxygen atoms in total. The van der Waals surface area contributed by atoms with Crippen molar-refractivity contribution >= 4 is 26.7 Å². The van der Waals surface area contributed by atoms with E-state index in [1.807, 2.05) is 12.1 Å². The predicted molar refractivity (Wildman–Crippen MR) is 70.6 cm³/mol. The van der Waals surface area contributed by atoms with Gasteiger partial charge < -0.3 is 5.73 Å². The van der Waals surface area contributed by atoms with Gasteiger partial charge in [0, 0.05) is 13.1 Å². The molecule has 0 spiro atoms. The van der Waals surface area contributed by atoms with E-state index in [1.54, 1.807) is 0 Å². The molecule has 2 N–H and O–H groups in total. The Morgan fingerprint density at radius 2 is 2.38 bits per heavy atom. The van der Waals surface area contributed by atoms with Crippen LogP contribution in [-0.2, 0) is 6.54 Å². The molecule has 0 unspecified atom stereocenters. The summed E-state index contributed by atoms with van der Waals surface area (Å²) in [5, 5.41) is 0.631. The lowest BCUT2D eigenvalue weighted by Crippen LogP contribution is -2.17. The lowest BCUT2D eigenvalue weighted by molar-refractivity contribution is 0.364. The molecule has 1 heterocycles. The highest BCUT2D eigenvalue weighted by Crippen LogP contribution is 2.24. The fourth-order valence-electron chi connectivity index (χ4n) is 1.68. The van der Waals surface area contributed by atoms with E-state index >= 15 is 0 Å². The second-order valence-electron chi connectivity index (χ2n) is 3.84. The molecule has 0 bridgehead atoms. The number of anilines is 1. The third-order valence-corrected chi connectivity index (χ3v) is 3.21. The topological polar surface area (TPSA) is 42.2 Å². The molecule has 0 saturated heterocycles. The minimum absolute atomic E-state index is 0.631. The summed E-state index contributed by atoms with van der Waals surface area (Å²) in [6.45, 7) is 5.54. The number of nitrogens with zero attached hydrogens (tertiary/aromatic N) is 2. The molecule has 0 amide bonds. The fourth-order valence-corrected chi connectivity index (χ4v) is 2.48. The number of benzene rings is 1. The van der Waals surface area contributed by atoms with Crippen LogP contribution in [0.4, 0.5) is 5.13 Å². The van der Waals surface area contributed by atoms with Crippen molar-refractivity contribution in [2.24, 2.45) is 0 Å². The number of nitrogens with two attached hydrogens (primary N) is 1. The highest BCUT2D eigenvalue weighted by atomic mass is 32.1. The van der Waals surface area contributed by atoms with E-state index < -0.39 is 0 Å². The first-order valence-corrected chi connectivity index (χ1v) is 5.95. The van der Waals surface area contributed by atoms with E-state index in [9.17, 15) is 0 Å². The smallest absolute Gasteiger partial charge is 0.181 e. The summed E-state index contributed by atoms with van der Waals surface area (Å²) in [6.07, 6.45) is 1.91. The molecule has 2 aromatic rings. The monoisotopic (exact) mass is 233 g/mol. The Balaban J connectivity index is 2.21. The van der Waals surface area contributed by atoms with Crippen LogP contribution in [0.25, 0.3) is 10.2 Å². The molecular weight excluding hydrogens is 218 g/mol. The van der Waals surface area contributed by atoms with Gasteiger partial charge in [-0.2, -0.15) is 0 Å². The van der Waals surface area contributed by atoms with E-state index in [4.69, 9.17) is 5.73 Å². The number of thiazole rings is 1. The molecule has 0 aliphatic carbocycles. The number of likely N-dealkylation sites (N-methyl/N-ethyl adjacent to an activating group) is 1. The molecule has 0 atom stereocenters. The summed E-state index contributed by atoms with van der Waals surface area (Å²) in [5.41, 5.74) is 7.94. The molecule has 1 aromatic heterocycles. The van der Waals surface area contributed by atoms with Crippen LogP contribution in [0.1, 0.15) is 5.56 Å². The molecule has 16 heavy (non-hydrogen) atoms. The largest absolute Gasteiger partial charge is 0.375 e. The Hall–Kier alpha value is -1.39. The second-order valence-corrected chi connectivity index (χ2v) is 4.90. The van der Waals surface area contributed by atoms with Crippen LogP contribution in [0.15, 0.2) is 30.9 Å². The maximum absolute atomic E-state index is 5.67. The summed E-state index contributed by atoms with van der Waals surface area (Å²) in [6, 6.07) is 6.28. The van der Waals surface area contributed by atoms with Gasteiger partial charge in [0.15, 0.2) is 5.13 Å². The summed E-state index contributed by atoms with van der Waals surface area (Å²) >= 11 is 1.53. The molecule has 0 saturated carbocycles.